The van der Waals surface area contributed by atoms with Crippen molar-refractivity contribution in [2.75, 3.05) is 19.8 Å². The van der Waals surface area contributed by atoms with E-state index in [1.807, 2.05) is 0 Å². The Labute approximate surface area is 118 Å². The van der Waals surface area contributed by atoms with Crippen LogP contribution in [0.5, 0.6) is 0 Å². The van der Waals surface area contributed by atoms with Crippen LogP contribution in [0.4, 0.5) is 0 Å². The monoisotopic (exact) mass is 262 g/mol. The van der Waals surface area contributed by atoms with Crippen molar-refractivity contribution in [2.24, 2.45) is 23.7 Å². The van der Waals surface area contributed by atoms with Crippen molar-refractivity contribution in [1.82, 2.24) is 9.80 Å². The van der Waals surface area contributed by atoms with Crippen molar-refractivity contribution >= 4 is 0 Å². The molecule has 4 aliphatic rings. The van der Waals surface area contributed by atoms with E-state index in [0.717, 1.165) is 35.8 Å². The summed E-state index contributed by atoms with van der Waals surface area (Å²) in [7, 11) is 0. The van der Waals surface area contributed by atoms with E-state index >= 15 is 0 Å². The molecule has 108 valence electrons. The van der Waals surface area contributed by atoms with Gasteiger partial charge >= 0.3 is 0 Å². The van der Waals surface area contributed by atoms with Crippen LogP contribution in [0, 0.1) is 23.7 Å². The first-order valence-electron chi connectivity index (χ1n) is 8.69. The summed E-state index contributed by atoms with van der Waals surface area (Å²) >= 11 is 0. The van der Waals surface area contributed by atoms with Crippen LogP contribution in [0.25, 0.3) is 0 Å². The second-order valence-electron chi connectivity index (χ2n) is 8.18. The topological polar surface area (TPSA) is 6.48 Å². The van der Waals surface area contributed by atoms with Crippen molar-refractivity contribution in [3.63, 3.8) is 0 Å². The average Bonchev–Trinajstić information content (AvgIpc) is 2.37. The highest BCUT2D eigenvalue weighted by Gasteiger charge is 2.47. The van der Waals surface area contributed by atoms with E-state index in [1.54, 1.807) is 0 Å². The van der Waals surface area contributed by atoms with Gasteiger partial charge in [-0.05, 0) is 62.2 Å². The van der Waals surface area contributed by atoms with E-state index < -0.39 is 0 Å². The number of rotatable bonds is 0. The summed E-state index contributed by atoms with van der Waals surface area (Å²) in [4.78, 5) is 5.75. The molecule has 2 heterocycles. The van der Waals surface area contributed by atoms with Gasteiger partial charge in [0.2, 0.25) is 0 Å². The molecule has 0 spiro atoms. The molecule has 0 radical (unpaired) electrons. The van der Waals surface area contributed by atoms with Crippen LogP contribution in [0.2, 0.25) is 0 Å². The first-order chi connectivity index (χ1) is 9.20. The molecule has 2 aliphatic carbocycles. The molecule has 2 saturated heterocycles. The summed E-state index contributed by atoms with van der Waals surface area (Å²) in [5, 5.41) is 0. The van der Waals surface area contributed by atoms with Gasteiger partial charge in [0.25, 0.3) is 0 Å². The second-order valence-corrected chi connectivity index (χ2v) is 8.18. The maximum absolute atomic E-state index is 2.87. The van der Waals surface area contributed by atoms with E-state index in [0.29, 0.717) is 0 Å². The Morgan fingerprint density at radius 1 is 0.684 bits per heavy atom. The largest absolute Gasteiger partial charge is 0.287 e. The van der Waals surface area contributed by atoms with Crippen molar-refractivity contribution in [1.29, 1.82) is 0 Å². The third-order valence-corrected chi connectivity index (χ3v) is 6.65. The molecule has 2 heteroatoms. The fourth-order valence-corrected chi connectivity index (χ4v) is 5.75. The van der Waals surface area contributed by atoms with Gasteiger partial charge in [-0.2, -0.15) is 0 Å². The quantitative estimate of drug-likeness (QED) is 0.661. The van der Waals surface area contributed by atoms with Crippen molar-refractivity contribution in [2.45, 2.75) is 64.5 Å². The smallest absolute Gasteiger partial charge is 0.0512 e. The highest BCUT2D eigenvalue weighted by atomic mass is 15.4. The lowest BCUT2D eigenvalue weighted by Gasteiger charge is -2.59. The van der Waals surface area contributed by atoms with Gasteiger partial charge in [0.15, 0.2) is 0 Å². The molecule has 0 aromatic carbocycles. The predicted molar refractivity (Wildman–Crippen MR) is 78.9 cm³/mol. The van der Waals surface area contributed by atoms with Crippen LogP contribution in [-0.2, 0) is 0 Å². The molecule has 8 unspecified atom stereocenters. The number of hydrogen-bond donors (Lipinski definition) is 0. The van der Waals surface area contributed by atoms with Gasteiger partial charge in [0.05, 0.1) is 6.67 Å². The molecule has 2 bridgehead atoms. The summed E-state index contributed by atoms with van der Waals surface area (Å²) in [6.45, 7) is 9.07. The maximum atomic E-state index is 2.87. The zero-order chi connectivity index (χ0) is 13.0. The number of fused-ring (bicyclic) bond motifs is 6. The third kappa shape index (κ3) is 2.15. The van der Waals surface area contributed by atoms with Crippen LogP contribution >= 0.6 is 0 Å². The average molecular weight is 262 g/mol. The Hall–Kier alpha value is -0.0800. The van der Waals surface area contributed by atoms with E-state index in [1.165, 1.54) is 58.3 Å². The Bertz CT molecular complexity index is 310. The molecule has 0 aromatic rings. The normalized spacial score (nSPS) is 57.2. The molecule has 2 aliphatic heterocycles. The van der Waals surface area contributed by atoms with E-state index in [-0.39, 0.29) is 0 Å². The summed E-state index contributed by atoms with van der Waals surface area (Å²) in [6.07, 6.45) is 8.89. The van der Waals surface area contributed by atoms with Gasteiger partial charge in [0, 0.05) is 25.2 Å². The minimum atomic E-state index is 0.936. The van der Waals surface area contributed by atoms with Crippen LogP contribution < -0.4 is 0 Å². The Kier molecular flexibility index (Phi) is 3.15. The molecule has 4 rings (SSSR count). The van der Waals surface area contributed by atoms with Crippen LogP contribution in [0.15, 0.2) is 0 Å². The SMILES string of the molecule is CC1CCC2C(C1)CN1CN2CC2CC(C)CCC21. The van der Waals surface area contributed by atoms with Gasteiger partial charge in [-0.3, -0.25) is 9.80 Å². The van der Waals surface area contributed by atoms with Gasteiger partial charge in [-0.25, -0.2) is 0 Å². The molecule has 2 saturated carbocycles. The van der Waals surface area contributed by atoms with Gasteiger partial charge < -0.3 is 0 Å². The molecule has 2 nitrogen and oxygen atoms in total. The van der Waals surface area contributed by atoms with Crippen LogP contribution in [-0.4, -0.2) is 41.6 Å². The summed E-state index contributed by atoms with van der Waals surface area (Å²) in [5.74, 6) is 3.92. The minimum Gasteiger partial charge on any atom is -0.287 e. The third-order valence-electron chi connectivity index (χ3n) is 6.65. The van der Waals surface area contributed by atoms with Crippen LogP contribution in [0.1, 0.15) is 52.4 Å². The minimum absolute atomic E-state index is 0.936. The lowest BCUT2D eigenvalue weighted by molar-refractivity contribution is -0.118. The lowest BCUT2D eigenvalue weighted by atomic mass is 9.71. The molecule has 0 N–H and O–H groups in total. The number of hydrogen-bond acceptors (Lipinski definition) is 2. The van der Waals surface area contributed by atoms with Gasteiger partial charge in [-0.15, -0.1) is 0 Å². The molecule has 19 heavy (non-hydrogen) atoms. The standard InChI is InChI=1S/C17H30N2/c1-12-3-5-16-14(7-12)9-18-11-19(16)10-15-8-13(2)4-6-17(15)18/h12-17H,3-11H2,1-2H3. The van der Waals surface area contributed by atoms with E-state index in [2.05, 4.69) is 23.6 Å². The molecular formula is C17H30N2. The lowest BCUT2D eigenvalue weighted by Crippen LogP contribution is -2.67. The Morgan fingerprint density at radius 3 is 1.63 bits per heavy atom. The first kappa shape index (κ1) is 12.6. The van der Waals surface area contributed by atoms with Crippen molar-refractivity contribution in [3.8, 4) is 0 Å². The summed E-state index contributed by atoms with van der Waals surface area (Å²) in [6, 6.07) is 1.87. The fourth-order valence-electron chi connectivity index (χ4n) is 5.75. The molecule has 4 fully saturated rings. The summed E-state index contributed by atoms with van der Waals surface area (Å²) in [5.41, 5.74) is 0. The number of nitrogens with zero attached hydrogens (tertiary/aromatic N) is 2. The van der Waals surface area contributed by atoms with Gasteiger partial charge in [0.1, 0.15) is 0 Å². The van der Waals surface area contributed by atoms with Crippen molar-refractivity contribution < 1.29 is 0 Å². The molecule has 0 aromatic heterocycles. The maximum Gasteiger partial charge on any atom is 0.0512 e. The zero-order valence-corrected chi connectivity index (χ0v) is 12.7. The zero-order valence-electron chi connectivity index (χ0n) is 12.7. The Balaban J connectivity index is 1.53. The molecular weight excluding hydrogens is 232 g/mol. The highest BCUT2D eigenvalue weighted by molar-refractivity contribution is 4.99. The highest BCUT2D eigenvalue weighted by Crippen LogP contribution is 2.43. The second kappa shape index (κ2) is 4.73. The van der Waals surface area contributed by atoms with Crippen molar-refractivity contribution in [3.05, 3.63) is 0 Å². The fraction of sp³-hybridized carbons (Fsp3) is 1.00. The van der Waals surface area contributed by atoms with Gasteiger partial charge in [-0.1, -0.05) is 13.8 Å². The van der Waals surface area contributed by atoms with Crippen LogP contribution in [0.3, 0.4) is 0 Å². The first-order valence-corrected chi connectivity index (χ1v) is 8.69. The van der Waals surface area contributed by atoms with E-state index in [4.69, 9.17) is 0 Å². The van der Waals surface area contributed by atoms with E-state index in [9.17, 15) is 0 Å². The molecule has 8 atom stereocenters. The Morgan fingerprint density at radius 2 is 1.16 bits per heavy atom. The predicted octanol–water partition coefficient (Wildman–Crippen LogP) is 3.18. The molecule has 0 amide bonds. The summed E-state index contributed by atoms with van der Waals surface area (Å²) < 4.78 is 0.